The summed E-state index contributed by atoms with van der Waals surface area (Å²) in [6, 6.07) is 10.3. The van der Waals surface area contributed by atoms with Crippen molar-refractivity contribution in [3.8, 4) is 0 Å². The van der Waals surface area contributed by atoms with Gasteiger partial charge in [0.25, 0.3) is 0 Å². The van der Waals surface area contributed by atoms with Crippen molar-refractivity contribution in [2.75, 3.05) is 4.90 Å². The zero-order valence-corrected chi connectivity index (χ0v) is 18.8. The van der Waals surface area contributed by atoms with Crippen molar-refractivity contribution in [2.24, 2.45) is 17.3 Å². The van der Waals surface area contributed by atoms with Gasteiger partial charge in [0.2, 0.25) is 11.8 Å². The molecular formula is C26H23F3N2O3. The van der Waals surface area contributed by atoms with Crippen LogP contribution in [0.2, 0.25) is 0 Å². The molecule has 0 radical (unpaired) electrons. The van der Waals surface area contributed by atoms with Gasteiger partial charge in [-0.1, -0.05) is 57.2 Å². The van der Waals surface area contributed by atoms with Crippen molar-refractivity contribution >= 4 is 29.4 Å². The number of para-hydroxylation sites is 1. The lowest BCUT2D eigenvalue weighted by molar-refractivity contribution is -0.138. The van der Waals surface area contributed by atoms with Gasteiger partial charge in [0.1, 0.15) is 6.04 Å². The molecule has 0 aromatic heterocycles. The van der Waals surface area contributed by atoms with Crippen LogP contribution < -0.4 is 4.90 Å². The molecule has 2 amide bonds. The number of rotatable bonds is 2. The molecule has 0 saturated carbocycles. The van der Waals surface area contributed by atoms with E-state index in [1.165, 1.54) is 12.1 Å². The maximum atomic E-state index is 13.8. The number of carbonyl (C=O) groups is 3. The summed E-state index contributed by atoms with van der Waals surface area (Å²) in [5.74, 6) is -3.77. The normalized spacial score (nSPS) is 25.9. The third-order valence-electron chi connectivity index (χ3n) is 6.92. The highest BCUT2D eigenvalue weighted by Gasteiger charge is 2.65. The molecule has 0 bridgehead atoms. The van der Waals surface area contributed by atoms with E-state index in [4.69, 9.17) is 0 Å². The first-order valence-electron chi connectivity index (χ1n) is 11.1. The summed E-state index contributed by atoms with van der Waals surface area (Å²) in [4.78, 5) is 43.4. The van der Waals surface area contributed by atoms with E-state index < -0.39 is 58.6 Å². The third-order valence-corrected chi connectivity index (χ3v) is 6.92. The Morgan fingerprint density at radius 1 is 0.882 bits per heavy atom. The Bertz CT molecular complexity index is 1240. The van der Waals surface area contributed by atoms with Crippen molar-refractivity contribution in [1.29, 1.82) is 0 Å². The standard InChI is InChI=1S/C26H23F3N2O3/c1-25(2,3)22(32)21-19-18(20-15-9-5-4-8-14(15)12-13-30(20)21)23(33)31(24(19)34)17-11-7-6-10-16(17)26(27,28)29/h4-13,18-21H,1-3H3/t18-,19-,20-,21+/m1/s1. The second kappa shape index (κ2) is 7.29. The zero-order chi connectivity index (χ0) is 24.6. The first-order chi connectivity index (χ1) is 15.9. The quantitative estimate of drug-likeness (QED) is 0.592. The van der Waals surface area contributed by atoms with E-state index in [1.54, 1.807) is 31.9 Å². The number of imide groups is 1. The van der Waals surface area contributed by atoms with E-state index in [9.17, 15) is 27.6 Å². The van der Waals surface area contributed by atoms with Gasteiger partial charge in [-0.25, -0.2) is 4.90 Å². The smallest absolute Gasteiger partial charge is 0.359 e. The number of Topliss-reactive ketones (excluding diaryl/α,β-unsaturated/α-hetero) is 1. The Morgan fingerprint density at radius 2 is 1.50 bits per heavy atom. The Morgan fingerprint density at radius 3 is 2.18 bits per heavy atom. The maximum absolute atomic E-state index is 13.8. The van der Waals surface area contributed by atoms with E-state index in [2.05, 4.69) is 0 Å². The first kappa shape index (κ1) is 22.4. The highest BCUT2D eigenvalue weighted by Crippen LogP contribution is 2.55. The molecule has 3 aliphatic rings. The molecular weight excluding hydrogens is 445 g/mol. The van der Waals surface area contributed by atoms with Gasteiger partial charge in [0, 0.05) is 11.6 Å². The number of hydrogen-bond donors (Lipinski definition) is 0. The molecule has 4 atom stereocenters. The van der Waals surface area contributed by atoms with Gasteiger partial charge < -0.3 is 4.90 Å². The molecule has 0 N–H and O–H groups in total. The zero-order valence-electron chi connectivity index (χ0n) is 18.8. The van der Waals surface area contributed by atoms with Crippen LogP contribution in [0.5, 0.6) is 0 Å². The first-order valence-corrected chi connectivity index (χ1v) is 11.1. The summed E-state index contributed by atoms with van der Waals surface area (Å²) < 4.78 is 41.3. The fourth-order valence-electron chi connectivity index (χ4n) is 5.45. The number of nitrogens with zero attached hydrogens (tertiary/aromatic N) is 2. The number of alkyl halides is 3. The average molecular weight is 468 g/mol. The molecule has 0 spiro atoms. The highest BCUT2D eigenvalue weighted by atomic mass is 19.4. The molecule has 34 heavy (non-hydrogen) atoms. The molecule has 3 heterocycles. The molecule has 5 nitrogen and oxygen atoms in total. The fourth-order valence-corrected chi connectivity index (χ4v) is 5.45. The molecule has 2 fully saturated rings. The highest BCUT2D eigenvalue weighted by molar-refractivity contribution is 6.24. The number of hydrogen-bond acceptors (Lipinski definition) is 4. The predicted molar refractivity (Wildman–Crippen MR) is 119 cm³/mol. The van der Waals surface area contributed by atoms with Crippen molar-refractivity contribution in [3.63, 3.8) is 0 Å². The van der Waals surface area contributed by atoms with Gasteiger partial charge in [-0.3, -0.25) is 14.4 Å². The lowest BCUT2D eigenvalue weighted by Crippen LogP contribution is -2.48. The monoisotopic (exact) mass is 468 g/mol. The van der Waals surface area contributed by atoms with E-state index >= 15 is 0 Å². The molecule has 5 rings (SSSR count). The van der Waals surface area contributed by atoms with Crippen LogP contribution in [-0.2, 0) is 20.6 Å². The molecule has 8 heteroatoms. The molecule has 2 aromatic carbocycles. The summed E-state index contributed by atoms with van der Waals surface area (Å²) in [6.45, 7) is 5.20. The van der Waals surface area contributed by atoms with Crippen molar-refractivity contribution in [3.05, 3.63) is 71.4 Å². The van der Waals surface area contributed by atoms with Crippen LogP contribution in [0.25, 0.3) is 6.08 Å². The second-order valence-corrected chi connectivity index (χ2v) is 9.97. The largest absolute Gasteiger partial charge is 0.418 e. The topological polar surface area (TPSA) is 57.7 Å². The van der Waals surface area contributed by atoms with Crippen LogP contribution in [0.15, 0.2) is 54.7 Å². The van der Waals surface area contributed by atoms with E-state index in [-0.39, 0.29) is 5.78 Å². The molecule has 3 aliphatic heterocycles. The lowest BCUT2D eigenvalue weighted by atomic mass is 9.79. The van der Waals surface area contributed by atoms with Gasteiger partial charge >= 0.3 is 6.18 Å². The fraction of sp³-hybridized carbons (Fsp3) is 0.346. The number of carbonyl (C=O) groups excluding carboxylic acids is 3. The minimum Gasteiger partial charge on any atom is -0.359 e. The van der Waals surface area contributed by atoms with Gasteiger partial charge in [-0.05, 0) is 29.3 Å². The number of halogens is 3. The van der Waals surface area contributed by atoms with Crippen LogP contribution in [0, 0.1) is 17.3 Å². The third kappa shape index (κ3) is 3.11. The lowest BCUT2D eigenvalue weighted by Gasteiger charge is -2.37. The molecule has 176 valence electrons. The van der Waals surface area contributed by atoms with Gasteiger partial charge in [0.05, 0.1) is 29.1 Å². The van der Waals surface area contributed by atoms with Gasteiger partial charge in [-0.2, -0.15) is 13.2 Å². The van der Waals surface area contributed by atoms with E-state index in [0.29, 0.717) is 4.90 Å². The van der Waals surface area contributed by atoms with E-state index in [1.807, 2.05) is 30.3 Å². The molecule has 0 unspecified atom stereocenters. The minimum absolute atomic E-state index is 0.235. The number of benzene rings is 2. The maximum Gasteiger partial charge on any atom is 0.418 e. The van der Waals surface area contributed by atoms with Gasteiger partial charge in [0.15, 0.2) is 5.78 Å². The van der Waals surface area contributed by atoms with Crippen molar-refractivity contribution in [1.82, 2.24) is 4.90 Å². The Hall–Kier alpha value is -3.42. The summed E-state index contributed by atoms with van der Waals surface area (Å²) in [6.07, 6.45) is -1.18. The van der Waals surface area contributed by atoms with Crippen LogP contribution in [0.4, 0.5) is 18.9 Å². The minimum atomic E-state index is -4.75. The number of amides is 2. The molecule has 0 aliphatic carbocycles. The Balaban J connectivity index is 1.69. The Labute approximate surface area is 194 Å². The number of ketones is 1. The molecule has 2 aromatic rings. The predicted octanol–water partition coefficient (Wildman–Crippen LogP) is 4.84. The van der Waals surface area contributed by atoms with Gasteiger partial charge in [-0.15, -0.1) is 0 Å². The van der Waals surface area contributed by atoms with Crippen LogP contribution in [0.3, 0.4) is 0 Å². The van der Waals surface area contributed by atoms with Crippen LogP contribution in [0.1, 0.15) is 43.5 Å². The summed E-state index contributed by atoms with van der Waals surface area (Å²) in [5.41, 5.74) is -0.754. The van der Waals surface area contributed by atoms with Crippen LogP contribution in [-0.4, -0.2) is 28.5 Å². The average Bonchev–Trinajstić information content (AvgIpc) is 3.24. The van der Waals surface area contributed by atoms with Crippen molar-refractivity contribution in [2.45, 2.75) is 39.0 Å². The summed E-state index contributed by atoms with van der Waals surface area (Å²) >= 11 is 0. The second-order valence-electron chi connectivity index (χ2n) is 9.97. The summed E-state index contributed by atoms with van der Waals surface area (Å²) in [7, 11) is 0. The SMILES string of the molecule is CC(C)(C)C(=O)[C@@H]1[C@@H]2C(=O)N(c3ccccc3C(F)(F)F)C(=O)[C@H]2[C@H]2c3ccccc3C=CN12. The summed E-state index contributed by atoms with van der Waals surface area (Å²) in [5, 5.41) is 0. The number of fused-ring (bicyclic) bond motifs is 5. The van der Waals surface area contributed by atoms with E-state index in [0.717, 1.165) is 23.3 Å². The number of anilines is 1. The molecule has 2 saturated heterocycles. The van der Waals surface area contributed by atoms with Crippen LogP contribution >= 0.6 is 0 Å². The van der Waals surface area contributed by atoms with Crippen molar-refractivity contribution < 1.29 is 27.6 Å². The Kier molecular flexibility index (Phi) is 4.80.